The lowest BCUT2D eigenvalue weighted by Gasteiger charge is -2.13. The summed E-state index contributed by atoms with van der Waals surface area (Å²) in [6, 6.07) is 0. The van der Waals surface area contributed by atoms with Crippen molar-refractivity contribution in [2.24, 2.45) is 0 Å². The maximum absolute atomic E-state index is 11.7. The van der Waals surface area contributed by atoms with E-state index in [1.165, 1.54) is 0 Å². The first-order chi connectivity index (χ1) is 18.3. The topological polar surface area (TPSA) is 98.6 Å². The highest BCUT2D eigenvalue weighted by molar-refractivity contribution is 6.30. The van der Waals surface area contributed by atoms with E-state index in [1.807, 2.05) is 44.4 Å². The van der Waals surface area contributed by atoms with E-state index in [9.17, 15) is 4.79 Å². The normalized spacial score (nSPS) is 10.7. The summed E-state index contributed by atoms with van der Waals surface area (Å²) in [5, 5.41) is 14.4. The predicted octanol–water partition coefficient (Wildman–Crippen LogP) is 7.39. The number of ether oxygens (including phenoxy) is 1. The molecule has 1 N–H and O–H groups in total. The molecular weight excluding hydrogens is 500 g/mol. The number of carbonyl (C=O) groups excluding carboxylic acids is 1. The number of imidazole rings is 1. The lowest BCUT2D eigenvalue weighted by atomic mass is 9.99. The van der Waals surface area contributed by atoms with E-state index in [2.05, 4.69) is 58.8 Å². The molecule has 0 aromatic carbocycles. The van der Waals surface area contributed by atoms with Gasteiger partial charge < -0.3 is 9.30 Å². The first kappa shape index (κ1) is 34.5. The molecule has 8 nitrogen and oxygen atoms in total. The maximum Gasteiger partial charge on any atom is 0.305 e. The number of H-pyrrole nitrogens is 1. The molecule has 0 amide bonds. The minimum atomic E-state index is -0.294. The van der Waals surface area contributed by atoms with Crippen LogP contribution in [0.15, 0.2) is 67.3 Å². The van der Waals surface area contributed by atoms with Crippen molar-refractivity contribution in [2.45, 2.75) is 80.4 Å². The van der Waals surface area contributed by atoms with Crippen LogP contribution in [0.5, 0.6) is 0 Å². The zero-order valence-electron chi connectivity index (χ0n) is 23.8. The van der Waals surface area contributed by atoms with Crippen molar-refractivity contribution in [3.8, 4) is 0 Å². The van der Waals surface area contributed by atoms with Crippen LogP contribution in [-0.4, -0.2) is 36.1 Å². The Morgan fingerprint density at radius 3 is 2.37 bits per heavy atom. The average Bonchev–Trinajstić information content (AvgIpc) is 3.57. The zero-order chi connectivity index (χ0) is 29.1. The molecule has 0 aliphatic carbocycles. The van der Waals surface area contributed by atoms with Crippen LogP contribution >= 0.6 is 11.6 Å². The van der Waals surface area contributed by atoms with Crippen molar-refractivity contribution in [2.75, 3.05) is 0 Å². The number of nitrogens with one attached hydrogen (secondary N) is 1. The molecule has 2 rings (SSSR count). The largest absolute Gasteiger partial charge is 0.459 e. The number of hydrogen-bond donors (Lipinski definition) is 1. The van der Waals surface area contributed by atoms with Gasteiger partial charge in [-0.2, -0.15) is 5.21 Å². The van der Waals surface area contributed by atoms with E-state index in [-0.39, 0.29) is 12.6 Å². The van der Waals surface area contributed by atoms with Crippen molar-refractivity contribution in [1.29, 1.82) is 0 Å². The number of rotatable bonds is 14. The smallest absolute Gasteiger partial charge is 0.305 e. The molecule has 0 fully saturated rings. The summed E-state index contributed by atoms with van der Waals surface area (Å²) >= 11 is 6.39. The van der Waals surface area contributed by atoms with Crippen LogP contribution in [0.4, 0.5) is 0 Å². The molecule has 0 unspecified atom stereocenters. The number of nitrogens with zero attached hydrogens (tertiary/aromatic N) is 5. The van der Waals surface area contributed by atoms with Crippen LogP contribution in [0.2, 0.25) is 5.15 Å². The fourth-order valence-corrected chi connectivity index (χ4v) is 3.31. The van der Waals surface area contributed by atoms with E-state index >= 15 is 0 Å². The molecule has 0 radical (unpaired) electrons. The van der Waals surface area contributed by atoms with E-state index in [0.717, 1.165) is 30.7 Å². The van der Waals surface area contributed by atoms with Gasteiger partial charge in [0.05, 0.1) is 5.69 Å². The van der Waals surface area contributed by atoms with Gasteiger partial charge in [0.25, 0.3) is 0 Å². The summed E-state index contributed by atoms with van der Waals surface area (Å²) in [5.41, 5.74) is 3.39. The van der Waals surface area contributed by atoms with Gasteiger partial charge in [-0.25, -0.2) is 4.98 Å². The molecule has 9 heteroatoms. The monoisotopic (exact) mass is 542 g/mol. The molecular formula is C29H43ClN6O2. The lowest BCUT2D eigenvalue weighted by Crippen LogP contribution is -2.12. The van der Waals surface area contributed by atoms with Crippen molar-refractivity contribution in [1.82, 2.24) is 30.2 Å². The highest BCUT2D eigenvalue weighted by Crippen LogP contribution is 2.25. The molecule has 2 aromatic heterocycles. The van der Waals surface area contributed by atoms with Gasteiger partial charge in [0.2, 0.25) is 5.82 Å². The molecule has 0 spiro atoms. The Balaban J connectivity index is 0.00000326. The lowest BCUT2D eigenvalue weighted by molar-refractivity contribution is -0.144. The third kappa shape index (κ3) is 10.8. The summed E-state index contributed by atoms with van der Waals surface area (Å²) in [6.07, 6.45) is 10.1. The Kier molecular flexibility index (Phi) is 17.8. The second-order valence-corrected chi connectivity index (χ2v) is 7.87. The number of esters is 1. The highest BCUT2D eigenvalue weighted by Gasteiger charge is 2.17. The predicted molar refractivity (Wildman–Crippen MR) is 158 cm³/mol. The van der Waals surface area contributed by atoms with Gasteiger partial charge in [-0.05, 0) is 28.4 Å². The van der Waals surface area contributed by atoms with Gasteiger partial charge in [-0.1, -0.05) is 110 Å². The van der Waals surface area contributed by atoms with Gasteiger partial charge in [0, 0.05) is 25.0 Å². The number of tetrazole rings is 1. The molecule has 0 aliphatic rings. The SMILES string of the molecule is C=C/C=C(\C(=C)C(=C)/C=C\C(=C)Cn1c(CCCC)nc(Cl)c1COC(=O)CC)c1nn[nH]n1.CC.CC. The maximum atomic E-state index is 11.7. The number of hydrogen-bond acceptors (Lipinski definition) is 6. The second-order valence-electron chi connectivity index (χ2n) is 7.52. The molecule has 0 aliphatic heterocycles. The van der Waals surface area contributed by atoms with Crippen molar-refractivity contribution in [3.63, 3.8) is 0 Å². The van der Waals surface area contributed by atoms with Crippen molar-refractivity contribution >= 4 is 23.1 Å². The summed E-state index contributed by atoms with van der Waals surface area (Å²) in [5.74, 6) is 0.941. The third-order valence-electron chi connectivity index (χ3n) is 4.98. The number of halogens is 1. The van der Waals surface area contributed by atoms with Gasteiger partial charge in [-0.3, -0.25) is 4.79 Å². The Hall–Kier alpha value is -3.52. The highest BCUT2D eigenvalue weighted by atomic mass is 35.5. The van der Waals surface area contributed by atoms with E-state index < -0.39 is 0 Å². The Bertz CT molecular complexity index is 1110. The molecule has 0 saturated carbocycles. The molecule has 0 bridgehead atoms. The van der Waals surface area contributed by atoms with Crippen LogP contribution in [0.25, 0.3) is 5.57 Å². The average molecular weight is 543 g/mol. The van der Waals surface area contributed by atoms with E-state index in [4.69, 9.17) is 16.3 Å². The van der Waals surface area contributed by atoms with Crippen molar-refractivity contribution < 1.29 is 9.53 Å². The van der Waals surface area contributed by atoms with Crippen LogP contribution in [-0.2, 0) is 29.1 Å². The fraction of sp³-hybridized carbons (Fsp3) is 0.414. The Morgan fingerprint density at radius 1 is 1.13 bits per heavy atom. The summed E-state index contributed by atoms with van der Waals surface area (Å²) in [7, 11) is 0. The van der Waals surface area contributed by atoms with Gasteiger partial charge >= 0.3 is 5.97 Å². The van der Waals surface area contributed by atoms with Crippen molar-refractivity contribution in [3.05, 3.63) is 89.8 Å². The quantitative estimate of drug-likeness (QED) is 0.197. The van der Waals surface area contributed by atoms with E-state index in [0.29, 0.717) is 46.4 Å². The fourth-order valence-electron chi connectivity index (χ4n) is 3.06. The first-order valence-corrected chi connectivity index (χ1v) is 13.4. The first-order valence-electron chi connectivity index (χ1n) is 13.0. The molecule has 2 aromatic rings. The number of aryl methyl sites for hydroxylation is 1. The molecule has 0 saturated heterocycles. The number of aromatic nitrogens is 6. The Morgan fingerprint density at radius 2 is 1.82 bits per heavy atom. The summed E-state index contributed by atoms with van der Waals surface area (Å²) in [6.45, 7) is 28.5. The number of unbranched alkanes of at least 4 members (excludes halogenated alkanes) is 1. The van der Waals surface area contributed by atoms with E-state index in [1.54, 1.807) is 19.1 Å². The minimum absolute atomic E-state index is 0.0611. The zero-order valence-corrected chi connectivity index (χ0v) is 24.6. The van der Waals surface area contributed by atoms with Gasteiger partial charge in [0.1, 0.15) is 12.4 Å². The molecule has 38 heavy (non-hydrogen) atoms. The van der Waals surface area contributed by atoms with Crippen LogP contribution in [0.3, 0.4) is 0 Å². The summed E-state index contributed by atoms with van der Waals surface area (Å²) in [4.78, 5) is 16.2. The minimum Gasteiger partial charge on any atom is -0.459 e. The molecule has 2 heterocycles. The standard InChI is InChI=1S/C25H31ClN6O2.2C2H6/c1-7-10-12-22-27-24(26)21(16-34-23(33)9-3)32(22)15-17(4)13-14-18(5)19(6)20(11-8-2)25-28-30-31-29-25;2*1-2/h8,11,13-14H,2,4-7,9-10,12,15-16H2,1,3H3,(H,28,29,30,31);2*1-2H3/b14-13-,20-11+;;. The van der Waals surface area contributed by atoms with Crippen LogP contribution < -0.4 is 0 Å². The third-order valence-corrected chi connectivity index (χ3v) is 5.28. The van der Waals surface area contributed by atoms with Crippen LogP contribution in [0, 0.1) is 0 Å². The van der Waals surface area contributed by atoms with Crippen LogP contribution in [0.1, 0.15) is 78.1 Å². The summed E-state index contributed by atoms with van der Waals surface area (Å²) < 4.78 is 7.29. The number of allylic oxidation sites excluding steroid dienone is 8. The van der Waals surface area contributed by atoms with Gasteiger partial charge in [0.15, 0.2) is 5.15 Å². The van der Waals surface area contributed by atoms with Gasteiger partial charge in [-0.15, -0.1) is 10.2 Å². The number of carbonyl (C=O) groups is 1. The Labute approximate surface area is 232 Å². The molecule has 208 valence electrons. The molecule has 0 atom stereocenters. The number of aromatic amines is 1. The second kappa shape index (κ2) is 19.6.